The van der Waals surface area contributed by atoms with Gasteiger partial charge in [-0.25, -0.2) is 4.79 Å². The maximum Gasteiger partial charge on any atom is 0.323 e. The number of benzene rings is 4. The predicted octanol–water partition coefficient (Wildman–Crippen LogP) is 5.91. The Hall–Kier alpha value is -4.04. The Balaban J connectivity index is 0.00000368. The summed E-state index contributed by atoms with van der Waals surface area (Å²) >= 11 is 0. The number of carbonyl (C=O) groups is 1. The van der Waals surface area contributed by atoms with Crippen molar-refractivity contribution in [3.63, 3.8) is 0 Å². The van der Waals surface area contributed by atoms with Crippen molar-refractivity contribution in [3.8, 4) is 11.5 Å². The van der Waals surface area contributed by atoms with E-state index in [9.17, 15) is 30.7 Å². The van der Waals surface area contributed by atoms with Gasteiger partial charge in [-0.1, -0.05) is 12.1 Å². The van der Waals surface area contributed by atoms with Crippen LogP contribution < -0.4 is 20.1 Å². The van der Waals surface area contributed by atoms with Crippen molar-refractivity contribution in [2.75, 3.05) is 24.9 Å². The van der Waals surface area contributed by atoms with Crippen molar-refractivity contribution < 1.29 is 40.2 Å². The third kappa shape index (κ3) is 10.5. The minimum Gasteiger partial charge on any atom is -0.494 e. The number of methoxy groups -OCH3 is 2. The molecule has 0 bridgehead atoms. The standard InChI is InChI=1S/C27H24N6O9S2.2Li/c1-41-25-15-19(32-30-17-5-3-7-21(13-17)43(35,36)37)9-11-23(25)28-27(34)29-24-12-10-20(16-26(24)42-2)33-31-18-6-4-8-22(14-18)44(38,39)40;;/h3-16H,1-2H3,(H2,28,29,34)(H,35,36,37)(H,38,39,40);;. The van der Waals surface area contributed by atoms with Crippen LogP contribution in [0.2, 0.25) is 0 Å². The maximum atomic E-state index is 12.8. The average Bonchev–Trinajstić information content (AvgIpc) is 2.99. The Morgan fingerprint density at radius 3 is 1.26 bits per heavy atom. The first-order valence-electron chi connectivity index (χ1n) is 12.3. The molecular formula is C27H24Li2N6O9S2. The van der Waals surface area contributed by atoms with E-state index in [0.29, 0.717) is 22.7 Å². The maximum absolute atomic E-state index is 12.8. The number of urea groups is 1. The van der Waals surface area contributed by atoms with Crippen LogP contribution in [0.5, 0.6) is 11.5 Å². The number of amides is 2. The SMILES string of the molecule is COc1cc(N=Nc2cccc(S(=O)(=O)O)c2)ccc1NC(=O)Nc1ccc(N=Nc2cccc(S(=O)(=O)O)c2)cc1OC.[Li].[Li]. The molecule has 0 aliphatic rings. The molecule has 15 nitrogen and oxygen atoms in total. The summed E-state index contributed by atoms with van der Waals surface area (Å²) in [5, 5.41) is 21.4. The average molecular weight is 655 g/mol. The Bertz CT molecular complexity index is 1850. The second-order valence-corrected chi connectivity index (χ2v) is 11.5. The molecule has 0 heterocycles. The summed E-state index contributed by atoms with van der Waals surface area (Å²) in [6, 6.07) is 19.1. The smallest absolute Gasteiger partial charge is 0.323 e. The molecule has 0 spiro atoms. The molecule has 0 fully saturated rings. The molecule has 0 aliphatic heterocycles. The molecule has 0 saturated carbocycles. The fourth-order valence-corrected chi connectivity index (χ4v) is 4.65. The minimum atomic E-state index is -4.39. The van der Waals surface area contributed by atoms with Crippen molar-refractivity contribution in [1.29, 1.82) is 0 Å². The second-order valence-electron chi connectivity index (χ2n) is 8.69. The van der Waals surface area contributed by atoms with Gasteiger partial charge in [0.25, 0.3) is 20.2 Å². The number of nitrogens with one attached hydrogen (secondary N) is 2. The first-order valence-corrected chi connectivity index (χ1v) is 15.2. The first-order chi connectivity index (χ1) is 20.9. The van der Waals surface area contributed by atoms with E-state index < -0.39 is 26.3 Å². The molecular weight excluding hydrogens is 630 g/mol. The van der Waals surface area contributed by atoms with Gasteiger partial charge in [-0.2, -0.15) is 37.3 Å². The van der Waals surface area contributed by atoms with Gasteiger partial charge in [-0.3, -0.25) is 9.11 Å². The van der Waals surface area contributed by atoms with Gasteiger partial charge in [0.1, 0.15) is 11.5 Å². The van der Waals surface area contributed by atoms with Gasteiger partial charge in [0, 0.05) is 49.9 Å². The molecule has 4 aromatic carbocycles. The van der Waals surface area contributed by atoms with Gasteiger partial charge >= 0.3 is 6.03 Å². The zero-order valence-electron chi connectivity index (χ0n) is 24.9. The number of hydrogen-bond acceptors (Lipinski definition) is 11. The van der Waals surface area contributed by atoms with Crippen LogP contribution in [0.1, 0.15) is 0 Å². The summed E-state index contributed by atoms with van der Waals surface area (Å²) in [5.41, 5.74) is 1.65. The molecule has 4 aromatic rings. The number of rotatable bonds is 10. The molecule has 230 valence electrons. The van der Waals surface area contributed by atoms with Crippen molar-refractivity contribution in [3.05, 3.63) is 84.9 Å². The predicted molar refractivity (Wildman–Crippen MR) is 171 cm³/mol. The molecule has 0 aromatic heterocycles. The van der Waals surface area contributed by atoms with E-state index in [-0.39, 0.29) is 70.4 Å². The summed E-state index contributed by atoms with van der Waals surface area (Å²) in [6.07, 6.45) is 0. The number of hydrogen-bond donors (Lipinski definition) is 4. The summed E-state index contributed by atoms with van der Waals surface area (Å²) in [5.74, 6) is 0.508. The summed E-state index contributed by atoms with van der Waals surface area (Å²) < 4.78 is 74.4. The molecule has 0 atom stereocenters. The van der Waals surface area contributed by atoms with Crippen LogP contribution in [0.25, 0.3) is 0 Å². The molecule has 4 N–H and O–H groups in total. The van der Waals surface area contributed by atoms with E-state index in [0.717, 1.165) is 12.1 Å². The first kappa shape index (κ1) is 38.1. The molecule has 0 aliphatic carbocycles. The van der Waals surface area contributed by atoms with Gasteiger partial charge < -0.3 is 20.1 Å². The van der Waals surface area contributed by atoms with E-state index in [1.165, 1.54) is 74.9 Å². The van der Waals surface area contributed by atoms with Crippen molar-refractivity contribution in [1.82, 2.24) is 0 Å². The van der Waals surface area contributed by atoms with E-state index >= 15 is 0 Å². The van der Waals surface area contributed by atoms with Crippen molar-refractivity contribution in [2.24, 2.45) is 20.5 Å². The quantitative estimate of drug-likeness (QED) is 0.0906. The molecule has 19 heteroatoms. The van der Waals surface area contributed by atoms with E-state index in [2.05, 4.69) is 31.1 Å². The van der Waals surface area contributed by atoms with E-state index in [1.807, 2.05) is 0 Å². The Morgan fingerprint density at radius 1 is 0.587 bits per heavy atom. The van der Waals surface area contributed by atoms with Gasteiger partial charge in [0.15, 0.2) is 0 Å². The Morgan fingerprint density at radius 2 is 0.935 bits per heavy atom. The molecule has 46 heavy (non-hydrogen) atoms. The van der Waals surface area contributed by atoms with Crippen molar-refractivity contribution in [2.45, 2.75) is 9.79 Å². The number of azo groups is 2. The van der Waals surface area contributed by atoms with Crippen LogP contribution >= 0.6 is 0 Å². The number of carbonyl (C=O) groups excluding carboxylic acids is 1. The van der Waals surface area contributed by atoms with Crippen LogP contribution in [0.15, 0.2) is 115 Å². The zero-order chi connectivity index (χ0) is 31.9. The monoisotopic (exact) mass is 654 g/mol. The number of ether oxygens (including phenoxy) is 2. The third-order valence-corrected chi connectivity index (χ3v) is 7.36. The molecule has 2 radical (unpaired) electrons. The Kier molecular flexibility index (Phi) is 13.7. The van der Waals surface area contributed by atoms with Crippen molar-refractivity contribution >= 4 is 98.1 Å². The van der Waals surface area contributed by atoms with Gasteiger partial charge in [0.2, 0.25) is 0 Å². The molecule has 0 saturated heterocycles. The van der Waals surface area contributed by atoms with Crippen LogP contribution in [-0.4, -0.2) is 83.9 Å². The molecule has 0 unspecified atom stereocenters. The topological polar surface area (TPSA) is 218 Å². The van der Waals surface area contributed by atoms with Gasteiger partial charge in [-0.15, -0.1) is 0 Å². The van der Waals surface area contributed by atoms with Crippen LogP contribution in [-0.2, 0) is 20.2 Å². The summed E-state index contributed by atoms with van der Waals surface area (Å²) in [4.78, 5) is 12.1. The third-order valence-electron chi connectivity index (χ3n) is 5.66. The summed E-state index contributed by atoms with van der Waals surface area (Å²) in [7, 11) is -6.00. The fraction of sp³-hybridized carbons (Fsp3) is 0.0741. The van der Waals surface area contributed by atoms with Gasteiger partial charge in [-0.05, 0) is 60.7 Å². The molecule has 2 amide bonds. The largest absolute Gasteiger partial charge is 0.494 e. The fourth-order valence-electron chi connectivity index (χ4n) is 3.61. The number of anilines is 2. The van der Waals surface area contributed by atoms with Crippen LogP contribution in [0.3, 0.4) is 0 Å². The van der Waals surface area contributed by atoms with E-state index in [1.54, 1.807) is 12.1 Å². The minimum absolute atomic E-state index is 0. The molecule has 4 rings (SSSR count). The van der Waals surface area contributed by atoms with Gasteiger partial charge in [0.05, 0.1) is 58.1 Å². The van der Waals surface area contributed by atoms with Crippen LogP contribution in [0, 0.1) is 0 Å². The Labute approximate surface area is 288 Å². The summed E-state index contributed by atoms with van der Waals surface area (Å²) in [6.45, 7) is 0. The number of nitrogens with zero attached hydrogens (tertiary/aromatic N) is 4. The zero-order valence-corrected chi connectivity index (χ0v) is 26.6. The van der Waals surface area contributed by atoms with Crippen LogP contribution in [0.4, 0.5) is 38.9 Å². The van der Waals surface area contributed by atoms with E-state index in [4.69, 9.17) is 9.47 Å². The second kappa shape index (κ2) is 16.5. The normalized spacial score (nSPS) is 11.4.